The number of nitrogens with two attached hydrogens (primary N) is 1. The SMILES string of the molecule is N#CCCCCNC(=O)C1CCC(CN)O1. The smallest absolute Gasteiger partial charge is 0.249 e. The molecule has 0 spiro atoms. The standard InChI is InChI=1S/C11H19N3O2/c12-6-2-1-3-7-14-11(15)10-5-4-9(8-13)16-10/h9-10H,1-5,7-8,13H2,(H,14,15). The molecule has 1 aliphatic heterocycles. The molecule has 2 unspecified atom stereocenters. The summed E-state index contributed by atoms with van der Waals surface area (Å²) in [6, 6.07) is 2.07. The van der Waals surface area contributed by atoms with E-state index in [4.69, 9.17) is 15.7 Å². The molecule has 1 heterocycles. The van der Waals surface area contributed by atoms with Crippen LogP contribution in [0.3, 0.4) is 0 Å². The third-order valence-corrected chi connectivity index (χ3v) is 2.68. The van der Waals surface area contributed by atoms with Gasteiger partial charge in [-0.15, -0.1) is 0 Å². The van der Waals surface area contributed by atoms with Gasteiger partial charge in [-0.2, -0.15) is 5.26 Å². The summed E-state index contributed by atoms with van der Waals surface area (Å²) in [5.74, 6) is -0.0482. The maximum atomic E-state index is 11.6. The van der Waals surface area contributed by atoms with Gasteiger partial charge in [0.15, 0.2) is 0 Å². The van der Waals surface area contributed by atoms with E-state index in [1.165, 1.54) is 0 Å². The van der Waals surface area contributed by atoms with E-state index in [1.54, 1.807) is 0 Å². The molecule has 90 valence electrons. The predicted octanol–water partition coefficient (Wildman–Crippen LogP) is 0.303. The maximum absolute atomic E-state index is 11.6. The number of nitriles is 1. The van der Waals surface area contributed by atoms with Crippen molar-refractivity contribution in [2.75, 3.05) is 13.1 Å². The number of rotatable bonds is 6. The van der Waals surface area contributed by atoms with Gasteiger partial charge in [0.25, 0.3) is 0 Å². The number of hydrogen-bond acceptors (Lipinski definition) is 4. The monoisotopic (exact) mass is 225 g/mol. The van der Waals surface area contributed by atoms with Crippen LogP contribution in [0.25, 0.3) is 0 Å². The Bertz CT molecular complexity index is 262. The predicted molar refractivity (Wildman–Crippen MR) is 59.4 cm³/mol. The van der Waals surface area contributed by atoms with Gasteiger partial charge in [-0.25, -0.2) is 0 Å². The van der Waals surface area contributed by atoms with Gasteiger partial charge in [0.2, 0.25) is 5.91 Å². The van der Waals surface area contributed by atoms with E-state index in [2.05, 4.69) is 11.4 Å². The molecule has 0 bridgehead atoms. The molecule has 16 heavy (non-hydrogen) atoms. The lowest BCUT2D eigenvalue weighted by atomic mass is 10.2. The van der Waals surface area contributed by atoms with Gasteiger partial charge in [-0.1, -0.05) is 0 Å². The van der Waals surface area contributed by atoms with Gasteiger partial charge < -0.3 is 15.8 Å². The van der Waals surface area contributed by atoms with Crippen LogP contribution < -0.4 is 11.1 Å². The molecular weight excluding hydrogens is 206 g/mol. The highest BCUT2D eigenvalue weighted by atomic mass is 16.5. The average Bonchev–Trinajstić information content (AvgIpc) is 2.77. The zero-order valence-electron chi connectivity index (χ0n) is 9.45. The molecule has 1 saturated heterocycles. The highest BCUT2D eigenvalue weighted by Crippen LogP contribution is 2.18. The molecule has 3 N–H and O–H groups in total. The molecule has 1 aliphatic rings. The summed E-state index contributed by atoms with van der Waals surface area (Å²) < 4.78 is 5.46. The lowest BCUT2D eigenvalue weighted by Gasteiger charge is -2.12. The number of ether oxygens (including phenoxy) is 1. The maximum Gasteiger partial charge on any atom is 0.249 e. The van der Waals surface area contributed by atoms with E-state index in [0.717, 1.165) is 25.7 Å². The third kappa shape index (κ3) is 4.17. The van der Waals surface area contributed by atoms with Gasteiger partial charge >= 0.3 is 0 Å². The Morgan fingerprint density at radius 3 is 2.94 bits per heavy atom. The van der Waals surface area contributed by atoms with Crippen LogP contribution in [0.4, 0.5) is 0 Å². The van der Waals surface area contributed by atoms with Gasteiger partial charge in [0.1, 0.15) is 6.10 Å². The van der Waals surface area contributed by atoms with Gasteiger partial charge in [-0.05, 0) is 25.7 Å². The van der Waals surface area contributed by atoms with Crippen molar-refractivity contribution in [2.45, 2.75) is 44.3 Å². The van der Waals surface area contributed by atoms with Crippen molar-refractivity contribution < 1.29 is 9.53 Å². The first-order valence-electron chi connectivity index (χ1n) is 5.78. The van der Waals surface area contributed by atoms with Crippen molar-refractivity contribution in [2.24, 2.45) is 5.73 Å². The van der Waals surface area contributed by atoms with Crippen molar-refractivity contribution >= 4 is 5.91 Å². The molecule has 0 radical (unpaired) electrons. The fraction of sp³-hybridized carbons (Fsp3) is 0.818. The molecule has 5 nitrogen and oxygen atoms in total. The lowest BCUT2D eigenvalue weighted by molar-refractivity contribution is -0.131. The second kappa shape index (κ2) is 7.20. The summed E-state index contributed by atoms with van der Waals surface area (Å²) in [5.41, 5.74) is 5.46. The fourth-order valence-corrected chi connectivity index (χ4v) is 1.73. The molecule has 0 aromatic rings. The van der Waals surface area contributed by atoms with E-state index in [9.17, 15) is 4.79 Å². The summed E-state index contributed by atoms with van der Waals surface area (Å²) in [5, 5.41) is 11.1. The van der Waals surface area contributed by atoms with Crippen LogP contribution in [0.5, 0.6) is 0 Å². The van der Waals surface area contributed by atoms with E-state index < -0.39 is 0 Å². The topological polar surface area (TPSA) is 88.1 Å². The fourth-order valence-electron chi connectivity index (χ4n) is 1.73. The largest absolute Gasteiger partial charge is 0.364 e. The molecule has 0 aromatic heterocycles. The quantitative estimate of drug-likeness (QED) is 0.636. The van der Waals surface area contributed by atoms with E-state index >= 15 is 0 Å². The summed E-state index contributed by atoms with van der Waals surface area (Å²) in [6.07, 6.45) is 3.54. The molecular formula is C11H19N3O2. The summed E-state index contributed by atoms with van der Waals surface area (Å²) >= 11 is 0. The Labute approximate surface area is 95.9 Å². The highest BCUT2D eigenvalue weighted by Gasteiger charge is 2.29. The average molecular weight is 225 g/mol. The summed E-state index contributed by atoms with van der Waals surface area (Å²) in [7, 11) is 0. The van der Waals surface area contributed by atoms with Crippen LogP contribution in [0, 0.1) is 11.3 Å². The van der Waals surface area contributed by atoms with Crippen LogP contribution in [0.1, 0.15) is 32.1 Å². The molecule has 2 atom stereocenters. The first-order chi connectivity index (χ1) is 7.77. The highest BCUT2D eigenvalue weighted by molar-refractivity contribution is 5.80. The third-order valence-electron chi connectivity index (χ3n) is 2.68. The van der Waals surface area contributed by atoms with Crippen molar-refractivity contribution in [3.63, 3.8) is 0 Å². The number of nitrogens with one attached hydrogen (secondary N) is 1. The van der Waals surface area contributed by atoms with Gasteiger partial charge in [-0.3, -0.25) is 4.79 Å². The summed E-state index contributed by atoms with van der Waals surface area (Å²) in [6.45, 7) is 1.10. The van der Waals surface area contributed by atoms with E-state index in [1.807, 2.05) is 0 Å². The molecule has 0 aromatic carbocycles. The Balaban J connectivity index is 2.09. The van der Waals surface area contributed by atoms with Crippen LogP contribution in [0.2, 0.25) is 0 Å². The zero-order chi connectivity index (χ0) is 11.8. The molecule has 5 heteroatoms. The minimum Gasteiger partial charge on any atom is -0.364 e. The molecule has 1 rings (SSSR count). The zero-order valence-corrected chi connectivity index (χ0v) is 9.45. The van der Waals surface area contributed by atoms with Crippen LogP contribution in [0.15, 0.2) is 0 Å². The second-order valence-electron chi connectivity index (χ2n) is 3.97. The first-order valence-corrected chi connectivity index (χ1v) is 5.78. The molecule has 1 amide bonds. The number of carbonyl (C=O) groups is 1. The Morgan fingerprint density at radius 1 is 1.50 bits per heavy atom. The van der Waals surface area contributed by atoms with Gasteiger partial charge in [0.05, 0.1) is 12.2 Å². The van der Waals surface area contributed by atoms with Crippen LogP contribution in [-0.2, 0) is 9.53 Å². The van der Waals surface area contributed by atoms with Crippen LogP contribution >= 0.6 is 0 Å². The number of nitrogens with zero attached hydrogens (tertiary/aromatic N) is 1. The Kier molecular flexibility index (Phi) is 5.83. The van der Waals surface area contributed by atoms with Crippen molar-refractivity contribution in [3.05, 3.63) is 0 Å². The number of carbonyl (C=O) groups excluding carboxylic acids is 1. The second-order valence-corrected chi connectivity index (χ2v) is 3.97. The number of hydrogen-bond donors (Lipinski definition) is 2. The Hall–Kier alpha value is -1.12. The van der Waals surface area contributed by atoms with Crippen LogP contribution in [-0.4, -0.2) is 31.2 Å². The molecule has 0 saturated carbocycles. The van der Waals surface area contributed by atoms with Gasteiger partial charge in [0, 0.05) is 19.5 Å². The minimum atomic E-state index is -0.329. The van der Waals surface area contributed by atoms with E-state index in [0.29, 0.717) is 19.5 Å². The first kappa shape index (κ1) is 12.9. The summed E-state index contributed by atoms with van der Waals surface area (Å²) in [4.78, 5) is 11.6. The lowest BCUT2D eigenvalue weighted by Crippen LogP contribution is -2.36. The number of amides is 1. The van der Waals surface area contributed by atoms with Crippen molar-refractivity contribution in [3.8, 4) is 6.07 Å². The van der Waals surface area contributed by atoms with Crippen molar-refractivity contribution in [1.82, 2.24) is 5.32 Å². The number of unbranched alkanes of at least 4 members (excludes halogenated alkanes) is 2. The van der Waals surface area contributed by atoms with Crippen molar-refractivity contribution in [1.29, 1.82) is 5.26 Å². The van der Waals surface area contributed by atoms with E-state index in [-0.39, 0.29) is 18.1 Å². The molecule has 0 aliphatic carbocycles. The normalized spacial score (nSPS) is 24.0. The minimum absolute atomic E-state index is 0.0364. The Morgan fingerprint density at radius 2 is 2.31 bits per heavy atom. The molecule has 1 fully saturated rings.